The van der Waals surface area contributed by atoms with Gasteiger partial charge < -0.3 is 24.3 Å². The number of hydrogen-bond acceptors (Lipinski definition) is 9. The van der Waals surface area contributed by atoms with E-state index in [1.54, 1.807) is 42.5 Å². The molecule has 3 aromatic rings. The van der Waals surface area contributed by atoms with Gasteiger partial charge in [0.2, 0.25) is 5.82 Å². The lowest BCUT2D eigenvalue weighted by Crippen LogP contribution is -2.25. The Balaban J connectivity index is 1.65. The fourth-order valence-corrected chi connectivity index (χ4v) is 2.77. The van der Waals surface area contributed by atoms with Crippen molar-refractivity contribution in [2.24, 2.45) is 10.3 Å². The maximum absolute atomic E-state index is 15.0. The van der Waals surface area contributed by atoms with Gasteiger partial charge in [-0.15, -0.1) is 0 Å². The summed E-state index contributed by atoms with van der Waals surface area (Å²) in [6.07, 6.45) is 1.08. The lowest BCUT2D eigenvalue weighted by molar-refractivity contribution is 0.0674. The zero-order valence-electron chi connectivity index (χ0n) is 15.7. The Morgan fingerprint density at radius 1 is 1.00 bits per heavy atom. The van der Waals surface area contributed by atoms with Gasteiger partial charge in [0.1, 0.15) is 24.4 Å². The molecule has 31 heavy (non-hydrogen) atoms. The summed E-state index contributed by atoms with van der Waals surface area (Å²) in [4.78, 5) is 12.6. The zero-order valence-corrected chi connectivity index (χ0v) is 16.5. The first-order chi connectivity index (χ1) is 15.2. The predicted octanol–water partition coefficient (Wildman–Crippen LogP) is 4.39. The zero-order chi connectivity index (χ0) is 21.6. The van der Waals surface area contributed by atoms with E-state index >= 15 is 0 Å². The van der Waals surface area contributed by atoms with Crippen molar-refractivity contribution in [3.8, 4) is 23.3 Å². The molecule has 1 aliphatic heterocycles. The third-order valence-corrected chi connectivity index (χ3v) is 4.29. The van der Waals surface area contributed by atoms with Crippen molar-refractivity contribution >= 4 is 23.2 Å². The number of benzene rings is 2. The molecule has 1 N–H and O–H groups in total. The van der Waals surface area contributed by atoms with Crippen LogP contribution < -0.4 is 9.47 Å². The summed E-state index contributed by atoms with van der Waals surface area (Å²) in [6, 6.07) is 13.0. The Morgan fingerprint density at radius 3 is 2.35 bits per heavy atom. The van der Waals surface area contributed by atoms with Crippen LogP contribution in [-0.2, 0) is 9.57 Å². The normalized spacial score (nSPS) is 13.6. The highest BCUT2D eigenvalue weighted by Crippen LogP contribution is 2.33. The molecule has 0 bridgehead atoms. The van der Waals surface area contributed by atoms with Crippen LogP contribution in [0.4, 0.5) is 4.39 Å². The number of para-hydroxylation sites is 2. The number of rotatable bonds is 6. The Hall–Kier alpha value is -3.92. The summed E-state index contributed by atoms with van der Waals surface area (Å²) in [6.45, 7) is 0.491. The first-order valence-corrected chi connectivity index (χ1v) is 9.30. The van der Waals surface area contributed by atoms with Gasteiger partial charge in [0.05, 0.1) is 10.6 Å². The van der Waals surface area contributed by atoms with E-state index in [2.05, 4.69) is 20.3 Å². The second kappa shape index (κ2) is 9.26. The Labute approximate surface area is 180 Å². The molecule has 9 nitrogen and oxygen atoms in total. The van der Waals surface area contributed by atoms with Crippen LogP contribution in [0.25, 0.3) is 0 Å². The van der Waals surface area contributed by atoms with Crippen LogP contribution in [0.15, 0.2) is 65.2 Å². The van der Waals surface area contributed by atoms with E-state index in [9.17, 15) is 9.60 Å². The molecule has 4 rings (SSSR count). The van der Waals surface area contributed by atoms with Gasteiger partial charge in [0, 0.05) is 0 Å². The lowest BCUT2D eigenvalue weighted by Gasteiger charge is -2.16. The number of hydrogen-bond donors (Lipinski definition) is 1. The maximum Gasteiger partial charge on any atom is 0.280 e. The molecular formula is C20H14ClFN4O5. The van der Waals surface area contributed by atoms with Gasteiger partial charge in [-0.1, -0.05) is 41.0 Å². The molecule has 11 heteroatoms. The lowest BCUT2D eigenvalue weighted by atomic mass is 10.1. The van der Waals surface area contributed by atoms with Crippen molar-refractivity contribution in [2.45, 2.75) is 0 Å². The van der Waals surface area contributed by atoms with Crippen molar-refractivity contribution in [2.75, 3.05) is 13.2 Å². The van der Waals surface area contributed by atoms with E-state index in [1.165, 1.54) is 6.07 Å². The standard InChI is InChI=1S/C20H14ClFN4O5/c21-13-6-2-4-8-15(13)31-19-16(22)18(23-11-24-19)30-14-7-3-1-5-12(14)17(25-27)20-26-29-10-9-28-20/h1-8,11,27H,9-10H2/b25-17+. The molecule has 0 atom stereocenters. The van der Waals surface area contributed by atoms with Gasteiger partial charge in [-0.25, -0.2) is 0 Å². The topological polar surface area (TPSA) is 108 Å². The van der Waals surface area contributed by atoms with E-state index in [0.717, 1.165) is 6.33 Å². The Kier molecular flexibility index (Phi) is 6.08. The third-order valence-electron chi connectivity index (χ3n) is 3.98. The first-order valence-electron chi connectivity index (χ1n) is 8.92. The molecule has 0 unspecified atom stereocenters. The molecule has 0 saturated heterocycles. The Bertz CT molecular complexity index is 1160. The average molecular weight is 445 g/mol. The SMILES string of the molecule is O/N=C(/C1=NOCCO1)c1ccccc1Oc1ncnc(Oc2ccccc2Cl)c1F. The summed E-state index contributed by atoms with van der Waals surface area (Å²) in [5.74, 6) is -1.45. The minimum Gasteiger partial charge on any atom is -0.470 e. The molecule has 0 saturated carbocycles. The third kappa shape index (κ3) is 4.48. The fourth-order valence-electron chi connectivity index (χ4n) is 2.60. The minimum absolute atomic E-state index is 0.0456. The molecule has 0 fully saturated rings. The largest absolute Gasteiger partial charge is 0.470 e. The van der Waals surface area contributed by atoms with Crippen molar-refractivity contribution in [3.05, 3.63) is 71.3 Å². The summed E-state index contributed by atoms with van der Waals surface area (Å²) >= 11 is 6.05. The molecule has 2 heterocycles. The summed E-state index contributed by atoms with van der Waals surface area (Å²) in [7, 11) is 0. The Morgan fingerprint density at radius 2 is 1.68 bits per heavy atom. The van der Waals surface area contributed by atoms with Crippen LogP contribution in [-0.4, -0.2) is 40.0 Å². The van der Waals surface area contributed by atoms with Gasteiger partial charge in [0.15, 0.2) is 12.3 Å². The number of aromatic nitrogens is 2. The summed E-state index contributed by atoms with van der Waals surface area (Å²) < 4.78 is 31.4. The molecule has 158 valence electrons. The van der Waals surface area contributed by atoms with Crippen molar-refractivity contribution in [1.82, 2.24) is 9.97 Å². The van der Waals surface area contributed by atoms with Crippen LogP contribution >= 0.6 is 11.6 Å². The van der Waals surface area contributed by atoms with E-state index in [0.29, 0.717) is 0 Å². The van der Waals surface area contributed by atoms with E-state index in [-0.39, 0.29) is 52.8 Å². The van der Waals surface area contributed by atoms with Gasteiger partial charge >= 0.3 is 0 Å². The van der Waals surface area contributed by atoms with Crippen LogP contribution in [0, 0.1) is 5.82 Å². The van der Waals surface area contributed by atoms with Crippen molar-refractivity contribution < 1.29 is 28.6 Å². The molecular weight excluding hydrogens is 431 g/mol. The average Bonchev–Trinajstić information content (AvgIpc) is 2.80. The molecule has 0 amide bonds. The van der Waals surface area contributed by atoms with Gasteiger partial charge in [0.25, 0.3) is 17.7 Å². The summed E-state index contributed by atoms with van der Waals surface area (Å²) in [5, 5.41) is 16.7. The predicted molar refractivity (Wildman–Crippen MR) is 108 cm³/mol. The minimum atomic E-state index is -0.950. The van der Waals surface area contributed by atoms with Crippen molar-refractivity contribution in [3.63, 3.8) is 0 Å². The molecule has 0 spiro atoms. The van der Waals surface area contributed by atoms with E-state index in [1.807, 2.05) is 0 Å². The maximum atomic E-state index is 15.0. The van der Waals surface area contributed by atoms with Crippen LogP contribution in [0.1, 0.15) is 5.56 Å². The second-order valence-corrected chi connectivity index (χ2v) is 6.36. The molecule has 0 radical (unpaired) electrons. The number of halogens is 2. The highest BCUT2D eigenvalue weighted by atomic mass is 35.5. The van der Waals surface area contributed by atoms with Crippen LogP contribution in [0.5, 0.6) is 23.3 Å². The quantitative estimate of drug-likeness (QED) is 0.341. The molecule has 1 aliphatic rings. The summed E-state index contributed by atoms with van der Waals surface area (Å²) in [5.41, 5.74) is 0.207. The highest BCUT2D eigenvalue weighted by molar-refractivity contribution is 6.45. The molecule has 1 aromatic heterocycles. The van der Waals surface area contributed by atoms with Crippen LogP contribution in [0.2, 0.25) is 5.02 Å². The molecule has 0 aliphatic carbocycles. The fraction of sp³-hybridized carbons (Fsp3) is 0.100. The van der Waals surface area contributed by atoms with E-state index < -0.39 is 11.7 Å². The van der Waals surface area contributed by atoms with Gasteiger partial charge in [-0.05, 0) is 29.4 Å². The van der Waals surface area contributed by atoms with Gasteiger partial charge in [-0.2, -0.15) is 14.4 Å². The monoisotopic (exact) mass is 444 g/mol. The number of ether oxygens (including phenoxy) is 3. The highest BCUT2D eigenvalue weighted by Gasteiger charge is 2.24. The first kappa shape index (κ1) is 20.4. The van der Waals surface area contributed by atoms with Crippen LogP contribution in [0.3, 0.4) is 0 Å². The van der Waals surface area contributed by atoms with E-state index in [4.69, 9.17) is 30.6 Å². The molecule has 2 aromatic carbocycles. The van der Waals surface area contributed by atoms with Gasteiger partial charge in [-0.3, -0.25) is 0 Å². The smallest absolute Gasteiger partial charge is 0.280 e. The number of oxime groups is 2. The number of nitrogens with zero attached hydrogens (tertiary/aromatic N) is 4. The second-order valence-electron chi connectivity index (χ2n) is 5.96. The van der Waals surface area contributed by atoms with Crippen molar-refractivity contribution in [1.29, 1.82) is 0 Å².